The summed E-state index contributed by atoms with van der Waals surface area (Å²) in [6, 6.07) is 9.44. The topological polar surface area (TPSA) is 72.8 Å². The number of para-hydroxylation sites is 2. The summed E-state index contributed by atoms with van der Waals surface area (Å²) in [4.78, 5) is 0. The SMILES string of the molecule is COc1ccccc1Nc1nnc(Sc2ccc(C(F)(F)F)nn2)s1. The summed E-state index contributed by atoms with van der Waals surface area (Å²) in [5, 5.41) is 18.6. The van der Waals surface area contributed by atoms with Gasteiger partial charge in [-0.25, -0.2) is 0 Å². The van der Waals surface area contributed by atoms with Crippen LogP contribution in [0, 0.1) is 0 Å². The zero-order valence-electron chi connectivity index (χ0n) is 12.6. The predicted molar refractivity (Wildman–Crippen MR) is 87.3 cm³/mol. The van der Waals surface area contributed by atoms with Crippen molar-refractivity contribution in [3.8, 4) is 5.75 Å². The Labute approximate surface area is 148 Å². The predicted octanol–water partition coefficient (Wildman–Crippen LogP) is 4.25. The van der Waals surface area contributed by atoms with E-state index in [9.17, 15) is 13.2 Å². The second kappa shape index (κ2) is 7.23. The Morgan fingerprint density at radius 1 is 1.04 bits per heavy atom. The van der Waals surface area contributed by atoms with Crippen LogP contribution in [0.2, 0.25) is 0 Å². The largest absolute Gasteiger partial charge is 0.495 e. The lowest BCUT2D eigenvalue weighted by Gasteiger charge is -2.07. The second-order valence-corrected chi connectivity index (χ2v) is 6.80. The number of alkyl halides is 3. The van der Waals surface area contributed by atoms with Gasteiger partial charge in [-0.1, -0.05) is 23.5 Å². The third-order valence-electron chi connectivity index (χ3n) is 2.88. The minimum atomic E-state index is -4.51. The number of hydrogen-bond donors (Lipinski definition) is 1. The van der Waals surface area contributed by atoms with Gasteiger partial charge >= 0.3 is 6.18 Å². The number of halogens is 3. The first-order valence-corrected chi connectivity index (χ1v) is 8.41. The third kappa shape index (κ3) is 4.37. The molecule has 0 spiro atoms. The van der Waals surface area contributed by atoms with Crippen LogP contribution in [-0.2, 0) is 6.18 Å². The van der Waals surface area contributed by atoms with Gasteiger partial charge in [-0.3, -0.25) is 0 Å². The Morgan fingerprint density at radius 2 is 1.84 bits per heavy atom. The van der Waals surface area contributed by atoms with Crippen LogP contribution in [0.5, 0.6) is 5.75 Å². The van der Waals surface area contributed by atoms with Crippen molar-refractivity contribution in [1.29, 1.82) is 0 Å². The molecule has 0 aliphatic carbocycles. The van der Waals surface area contributed by atoms with Crippen molar-refractivity contribution in [3.05, 3.63) is 42.1 Å². The van der Waals surface area contributed by atoms with E-state index in [1.54, 1.807) is 13.2 Å². The number of hydrogen-bond acceptors (Lipinski definition) is 8. The smallest absolute Gasteiger partial charge is 0.435 e. The lowest BCUT2D eigenvalue weighted by atomic mass is 10.3. The molecular weight excluding hydrogens is 375 g/mol. The summed E-state index contributed by atoms with van der Waals surface area (Å²) < 4.78 is 43.2. The molecule has 3 aromatic rings. The van der Waals surface area contributed by atoms with Crippen LogP contribution in [0.3, 0.4) is 0 Å². The zero-order chi connectivity index (χ0) is 17.9. The van der Waals surface area contributed by atoms with Crippen LogP contribution < -0.4 is 10.1 Å². The first kappa shape index (κ1) is 17.4. The van der Waals surface area contributed by atoms with Crippen LogP contribution in [0.1, 0.15) is 5.69 Å². The monoisotopic (exact) mass is 385 g/mol. The van der Waals surface area contributed by atoms with E-state index in [1.807, 2.05) is 18.2 Å². The molecule has 0 saturated carbocycles. The number of methoxy groups -OCH3 is 1. The first-order valence-electron chi connectivity index (χ1n) is 6.78. The van der Waals surface area contributed by atoms with Gasteiger partial charge in [0.1, 0.15) is 10.8 Å². The first-order chi connectivity index (χ1) is 12.0. The van der Waals surface area contributed by atoms with E-state index in [-0.39, 0.29) is 0 Å². The highest BCUT2D eigenvalue weighted by atomic mass is 32.2. The van der Waals surface area contributed by atoms with Gasteiger partial charge in [0, 0.05) is 0 Å². The highest BCUT2D eigenvalue weighted by Gasteiger charge is 2.32. The molecule has 2 heterocycles. The maximum Gasteiger partial charge on any atom is 0.435 e. The molecular formula is C14H10F3N5OS2. The van der Waals surface area contributed by atoms with E-state index in [0.29, 0.717) is 20.2 Å². The summed E-state index contributed by atoms with van der Waals surface area (Å²) in [5.41, 5.74) is -0.306. The standard InChI is InChI=1S/C14H10F3N5OS2/c1-23-9-5-3-2-4-8(9)18-12-21-22-13(25-12)24-11-7-6-10(19-20-11)14(15,16)17/h2-7H,1H3,(H,18,21). The molecule has 0 fully saturated rings. The lowest BCUT2D eigenvalue weighted by Crippen LogP contribution is -2.08. The minimum absolute atomic E-state index is 0.299. The number of rotatable bonds is 5. The molecule has 1 N–H and O–H groups in total. The van der Waals surface area contributed by atoms with Gasteiger partial charge < -0.3 is 10.1 Å². The van der Waals surface area contributed by atoms with Crippen LogP contribution in [0.15, 0.2) is 45.8 Å². The normalized spacial score (nSPS) is 11.4. The maximum atomic E-state index is 12.5. The molecule has 0 aliphatic rings. The van der Waals surface area contributed by atoms with Crippen molar-refractivity contribution < 1.29 is 17.9 Å². The molecule has 0 atom stereocenters. The fourth-order valence-electron chi connectivity index (χ4n) is 1.78. The summed E-state index contributed by atoms with van der Waals surface area (Å²) in [6.45, 7) is 0. The minimum Gasteiger partial charge on any atom is -0.495 e. The summed E-state index contributed by atoms with van der Waals surface area (Å²) in [6.07, 6.45) is -4.51. The molecule has 0 radical (unpaired) electrons. The molecule has 3 rings (SSSR count). The number of aromatic nitrogens is 4. The van der Waals surface area contributed by atoms with Crippen molar-refractivity contribution in [3.63, 3.8) is 0 Å². The van der Waals surface area contributed by atoms with E-state index in [0.717, 1.165) is 23.5 Å². The molecule has 11 heteroatoms. The van der Waals surface area contributed by atoms with Crippen LogP contribution in [-0.4, -0.2) is 27.5 Å². The highest BCUT2D eigenvalue weighted by molar-refractivity contribution is 8.01. The molecule has 0 aliphatic heterocycles. The molecule has 0 amide bonds. The molecule has 0 saturated heterocycles. The van der Waals surface area contributed by atoms with Gasteiger partial charge in [0.2, 0.25) is 5.13 Å². The summed E-state index contributed by atoms with van der Waals surface area (Å²) >= 11 is 2.32. The van der Waals surface area contributed by atoms with Crippen molar-refractivity contribution >= 4 is 33.9 Å². The van der Waals surface area contributed by atoms with Gasteiger partial charge in [-0.2, -0.15) is 13.2 Å². The van der Waals surface area contributed by atoms with Gasteiger partial charge in [-0.05, 0) is 36.0 Å². The van der Waals surface area contributed by atoms with E-state index in [4.69, 9.17) is 4.74 Å². The molecule has 25 heavy (non-hydrogen) atoms. The number of nitrogens with one attached hydrogen (secondary N) is 1. The molecule has 0 bridgehead atoms. The van der Waals surface area contributed by atoms with E-state index < -0.39 is 11.9 Å². The number of ether oxygens (including phenoxy) is 1. The van der Waals surface area contributed by atoms with Crippen LogP contribution >= 0.6 is 23.1 Å². The fourth-order valence-corrected chi connectivity index (χ4v) is 3.41. The quantitative estimate of drug-likeness (QED) is 0.704. The number of benzene rings is 1. The van der Waals surface area contributed by atoms with Crippen molar-refractivity contribution in [2.75, 3.05) is 12.4 Å². The number of nitrogens with zero attached hydrogens (tertiary/aromatic N) is 4. The van der Waals surface area contributed by atoms with Gasteiger partial charge in [0.15, 0.2) is 10.0 Å². The van der Waals surface area contributed by atoms with Gasteiger partial charge in [0.05, 0.1) is 12.8 Å². The van der Waals surface area contributed by atoms with Crippen LogP contribution in [0.25, 0.3) is 0 Å². The van der Waals surface area contributed by atoms with Gasteiger partial charge in [-0.15, -0.1) is 20.4 Å². The zero-order valence-corrected chi connectivity index (χ0v) is 14.2. The van der Waals surface area contributed by atoms with E-state index >= 15 is 0 Å². The highest BCUT2D eigenvalue weighted by Crippen LogP contribution is 2.34. The van der Waals surface area contributed by atoms with Gasteiger partial charge in [0.25, 0.3) is 0 Å². The molecule has 1 aromatic carbocycles. The Balaban J connectivity index is 1.69. The molecule has 0 unspecified atom stereocenters. The molecule has 6 nitrogen and oxygen atoms in total. The van der Waals surface area contributed by atoms with E-state index in [1.165, 1.54) is 17.4 Å². The maximum absolute atomic E-state index is 12.5. The second-order valence-electron chi connectivity index (χ2n) is 4.56. The van der Waals surface area contributed by atoms with E-state index in [2.05, 4.69) is 25.7 Å². The molecule has 130 valence electrons. The average molecular weight is 385 g/mol. The fraction of sp³-hybridized carbons (Fsp3) is 0.143. The Morgan fingerprint density at radius 3 is 2.52 bits per heavy atom. The lowest BCUT2D eigenvalue weighted by molar-refractivity contribution is -0.141. The number of anilines is 2. The summed E-state index contributed by atoms with van der Waals surface area (Å²) in [7, 11) is 1.56. The average Bonchev–Trinajstić information content (AvgIpc) is 3.02. The van der Waals surface area contributed by atoms with Crippen molar-refractivity contribution in [2.24, 2.45) is 0 Å². The van der Waals surface area contributed by atoms with Crippen molar-refractivity contribution in [2.45, 2.75) is 15.5 Å². The Hall–Kier alpha value is -2.40. The Bertz CT molecular complexity index is 854. The third-order valence-corrected chi connectivity index (χ3v) is 4.69. The summed E-state index contributed by atoms with van der Waals surface area (Å²) in [5.74, 6) is 0.653. The van der Waals surface area contributed by atoms with Crippen molar-refractivity contribution in [1.82, 2.24) is 20.4 Å². The van der Waals surface area contributed by atoms with Crippen LogP contribution in [0.4, 0.5) is 24.0 Å². The molecule has 2 aromatic heterocycles. The Kier molecular flexibility index (Phi) is 5.04.